The van der Waals surface area contributed by atoms with Crippen molar-refractivity contribution < 1.29 is 14.6 Å². The van der Waals surface area contributed by atoms with Crippen molar-refractivity contribution >= 4 is 12.2 Å². The number of hydrazone groups is 1. The lowest BCUT2D eigenvalue weighted by Crippen LogP contribution is -2.47. The number of ether oxygens (including phenoxy) is 1. The fourth-order valence-corrected chi connectivity index (χ4v) is 4.66. The number of nitrogens with zero attached hydrogens (tertiary/aromatic N) is 3. The Kier molecular flexibility index (Phi) is 3.23. The number of rotatable bonds is 3. The van der Waals surface area contributed by atoms with Gasteiger partial charge in [0.25, 0.3) is 0 Å². The van der Waals surface area contributed by atoms with Crippen LogP contribution in [-0.2, 0) is 11.8 Å². The summed E-state index contributed by atoms with van der Waals surface area (Å²) < 4.78 is 7.37. The van der Waals surface area contributed by atoms with Gasteiger partial charge in [-0.2, -0.15) is 0 Å². The highest BCUT2D eigenvalue weighted by molar-refractivity contribution is 5.74. The predicted molar refractivity (Wildman–Crippen MR) is 82.9 cm³/mol. The Morgan fingerprint density at radius 2 is 2.13 bits per heavy atom. The van der Waals surface area contributed by atoms with Gasteiger partial charge in [0.2, 0.25) is 12.1 Å². The van der Waals surface area contributed by atoms with E-state index in [-0.39, 0.29) is 0 Å². The second-order valence-corrected chi connectivity index (χ2v) is 7.20. The first kappa shape index (κ1) is 14.7. The van der Waals surface area contributed by atoms with Crippen molar-refractivity contribution in [1.82, 2.24) is 15.0 Å². The second-order valence-electron chi connectivity index (χ2n) is 7.20. The fourth-order valence-electron chi connectivity index (χ4n) is 4.66. The molecule has 3 atom stereocenters. The largest absolute Gasteiger partial charge is 0.452 e. The number of aryl methyl sites for hydroxylation is 1. The first-order chi connectivity index (χ1) is 11.0. The number of fused-ring (bicyclic) bond motifs is 1. The van der Waals surface area contributed by atoms with E-state index in [0.717, 1.165) is 24.8 Å². The van der Waals surface area contributed by atoms with E-state index in [4.69, 9.17) is 4.74 Å². The molecule has 7 nitrogen and oxygen atoms in total. The van der Waals surface area contributed by atoms with E-state index in [2.05, 4.69) is 15.5 Å². The van der Waals surface area contributed by atoms with Gasteiger partial charge in [0.05, 0.1) is 12.0 Å². The molecule has 3 aliphatic rings. The zero-order valence-corrected chi connectivity index (χ0v) is 13.4. The molecule has 0 amide bonds. The van der Waals surface area contributed by atoms with Gasteiger partial charge >= 0.3 is 0 Å². The van der Waals surface area contributed by atoms with Crippen LogP contribution in [0.2, 0.25) is 0 Å². The minimum atomic E-state index is -0.862. The third-order valence-corrected chi connectivity index (χ3v) is 5.70. The molecule has 0 bridgehead atoms. The third-order valence-electron chi connectivity index (χ3n) is 5.70. The molecule has 0 saturated heterocycles. The molecule has 2 heterocycles. The molecule has 1 aliphatic heterocycles. The Hall–Kier alpha value is -1.89. The molecule has 7 heteroatoms. The van der Waals surface area contributed by atoms with Crippen molar-refractivity contribution in [2.24, 2.45) is 24.0 Å². The van der Waals surface area contributed by atoms with Gasteiger partial charge in [-0.3, -0.25) is 10.2 Å². The van der Waals surface area contributed by atoms with Gasteiger partial charge in [-0.1, -0.05) is 0 Å². The SMILES string of the molecule is CC1=NNC(C2(O)CC3CC(c4ncn(C)c4C=O)CC3C2)O1. The van der Waals surface area contributed by atoms with E-state index in [1.165, 1.54) is 0 Å². The average Bonchev–Trinajstić information content (AvgIpc) is 3.22. The van der Waals surface area contributed by atoms with Gasteiger partial charge in [0, 0.05) is 19.9 Å². The molecule has 2 aliphatic carbocycles. The summed E-state index contributed by atoms with van der Waals surface area (Å²) in [5, 5.41) is 15.0. The van der Waals surface area contributed by atoms with Crippen molar-refractivity contribution in [3.8, 4) is 0 Å². The summed E-state index contributed by atoms with van der Waals surface area (Å²) >= 11 is 0. The standard InChI is InChI=1S/C16H22N4O3/c1-9-18-19-15(23-9)16(22)5-11-3-10(4-12(11)6-16)14-13(7-21)20(2)8-17-14/h7-8,10-12,15,19,22H,3-6H2,1-2H3. The van der Waals surface area contributed by atoms with Crippen LogP contribution in [0.1, 0.15) is 54.7 Å². The summed E-state index contributed by atoms with van der Waals surface area (Å²) in [6.07, 6.45) is 5.51. The van der Waals surface area contributed by atoms with E-state index in [0.29, 0.717) is 42.2 Å². The van der Waals surface area contributed by atoms with Crippen LogP contribution in [0.15, 0.2) is 11.4 Å². The number of nitrogens with one attached hydrogen (secondary N) is 1. The maximum Gasteiger partial charge on any atom is 0.214 e. The molecular weight excluding hydrogens is 296 g/mol. The Balaban J connectivity index is 1.47. The highest BCUT2D eigenvalue weighted by atomic mass is 16.5. The van der Waals surface area contributed by atoms with Gasteiger partial charge in [0.15, 0.2) is 6.29 Å². The molecule has 0 spiro atoms. The first-order valence-corrected chi connectivity index (χ1v) is 8.15. The lowest BCUT2D eigenvalue weighted by molar-refractivity contribution is -0.0723. The Labute approximate surface area is 134 Å². The number of aliphatic hydroxyl groups is 1. The number of aromatic nitrogens is 2. The van der Waals surface area contributed by atoms with E-state index in [1.807, 2.05) is 7.05 Å². The molecule has 2 fully saturated rings. The zero-order chi connectivity index (χ0) is 16.2. The summed E-state index contributed by atoms with van der Waals surface area (Å²) in [7, 11) is 1.85. The van der Waals surface area contributed by atoms with Crippen molar-refractivity contribution in [1.29, 1.82) is 0 Å². The second kappa shape index (κ2) is 5.06. The topological polar surface area (TPSA) is 88.7 Å². The van der Waals surface area contributed by atoms with Crippen LogP contribution in [0, 0.1) is 11.8 Å². The van der Waals surface area contributed by atoms with E-state index in [9.17, 15) is 9.90 Å². The van der Waals surface area contributed by atoms with Crippen LogP contribution in [0.25, 0.3) is 0 Å². The number of carbonyl (C=O) groups is 1. The molecule has 1 aromatic rings. The summed E-state index contributed by atoms with van der Waals surface area (Å²) in [6, 6.07) is 0. The highest BCUT2D eigenvalue weighted by Crippen LogP contribution is 2.54. The molecule has 4 rings (SSSR count). The van der Waals surface area contributed by atoms with Gasteiger partial charge in [-0.05, 0) is 37.5 Å². The van der Waals surface area contributed by atoms with E-state index < -0.39 is 11.8 Å². The first-order valence-electron chi connectivity index (χ1n) is 8.15. The van der Waals surface area contributed by atoms with E-state index in [1.54, 1.807) is 17.8 Å². The number of carbonyl (C=O) groups excluding carboxylic acids is 1. The maximum atomic E-state index is 11.3. The lowest BCUT2D eigenvalue weighted by Gasteiger charge is -2.29. The zero-order valence-electron chi connectivity index (χ0n) is 13.4. The predicted octanol–water partition coefficient (Wildman–Crippen LogP) is 1.15. The van der Waals surface area contributed by atoms with Gasteiger partial charge in [-0.25, -0.2) is 4.98 Å². The lowest BCUT2D eigenvalue weighted by atomic mass is 9.91. The summed E-state index contributed by atoms with van der Waals surface area (Å²) in [5.74, 6) is 1.77. The molecule has 2 N–H and O–H groups in total. The molecule has 0 aromatic carbocycles. The summed E-state index contributed by atoms with van der Waals surface area (Å²) in [6.45, 7) is 1.78. The van der Waals surface area contributed by atoms with Gasteiger partial charge in [0.1, 0.15) is 11.3 Å². The molecule has 23 heavy (non-hydrogen) atoms. The van der Waals surface area contributed by atoms with E-state index >= 15 is 0 Å². The van der Waals surface area contributed by atoms with Crippen LogP contribution >= 0.6 is 0 Å². The molecule has 0 radical (unpaired) electrons. The molecule has 2 saturated carbocycles. The quantitative estimate of drug-likeness (QED) is 0.816. The Morgan fingerprint density at radius 3 is 2.70 bits per heavy atom. The fraction of sp³-hybridized carbons (Fsp3) is 0.688. The monoisotopic (exact) mass is 318 g/mol. The smallest absolute Gasteiger partial charge is 0.214 e. The number of hydrogen-bond donors (Lipinski definition) is 2. The molecule has 124 valence electrons. The minimum Gasteiger partial charge on any atom is -0.452 e. The van der Waals surface area contributed by atoms with Crippen molar-refractivity contribution in [3.05, 3.63) is 17.7 Å². The van der Waals surface area contributed by atoms with Crippen LogP contribution < -0.4 is 5.43 Å². The molecule has 3 unspecified atom stereocenters. The van der Waals surface area contributed by atoms with Crippen molar-refractivity contribution in [2.75, 3.05) is 0 Å². The normalized spacial score (nSPS) is 38.8. The van der Waals surface area contributed by atoms with Crippen LogP contribution in [0.4, 0.5) is 0 Å². The van der Waals surface area contributed by atoms with Crippen LogP contribution in [0.5, 0.6) is 0 Å². The van der Waals surface area contributed by atoms with Crippen molar-refractivity contribution in [2.45, 2.75) is 50.4 Å². The Bertz CT molecular complexity index is 654. The molecular formula is C16H22N4O3. The summed E-state index contributed by atoms with van der Waals surface area (Å²) in [4.78, 5) is 15.7. The minimum absolute atomic E-state index is 0.311. The number of aldehydes is 1. The average molecular weight is 318 g/mol. The Morgan fingerprint density at radius 1 is 1.43 bits per heavy atom. The van der Waals surface area contributed by atoms with Gasteiger partial charge < -0.3 is 14.4 Å². The van der Waals surface area contributed by atoms with Crippen LogP contribution in [0.3, 0.4) is 0 Å². The maximum absolute atomic E-state index is 11.3. The van der Waals surface area contributed by atoms with Gasteiger partial charge in [-0.15, -0.1) is 5.10 Å². The highest BCUT2D eigenvalue weighted by Gasteiger charge is 2.54. The number of imidazole rings is 1. The van der Waals surface area contributed by atoms with Crippen LogP contribution in [-0.4, -0.2) is 38.7 Å². The molecule has 1 aromatic heterocycles. The van der Waals surface area contributed by atoms with Crippen molar-refractivity contribution in [3.63, 3.8) is 0 Å². The third kappa shape index (κ3) is 2.25. The number of hydrogen-bond acceptors (Lipinski definition) is 6. The summed E-state index contributed by atoms with van der Waals surface area (Å²) in [5.41, 5.74) is 3.62.